The number of aromatic hydroxyl groups is 1. The lowest BCUT2D eigenvalue weighted by molar-refractivity contribution is -0.137. The molecule has 2 aliphatic rings. The number of benzene rings is 1. The average Bonchev–Trinajstić information content (AvgIpc) is 3.34. The summed E-state index contributed by atoms with van der Waals surface area (Å²) < 4.78 is 40.7. The van der Waals surface area contributed by atoms with E-state index < -0.39 is 17.5 Å². The fourth-order valence-electron chi connectivity index (χ4n) is 4.26. The number of fused-ring (bicyclic) bond motifs is 1. The normalized spacial score (nSPS) is 19.5. The number of likely N-dealkylation sites (tertiary alicyclic amines) is 1. The molecule has 1 N–H and O–H groups in total. The summed E-state index contributed by atoms with van der Waals surface area (Å²) in [5, 5.41) is 14.7. The van der Waals surface area contributed by atoms with Crippen molar-refractivity contribution in [3.05, 3.63) is 35.7 Å². The van der Waals surface area contributed by atoms with Crippen LogP contribution in [-0.2, 0) is 17.5 Å². The summed E-state index contributed by atoms with van der Waals surface area (Å²) in [4.78, 5) is 22.8. The Bertz CT molecular complexity index is 1160. The molecule has 1 saturated heterocycles. The van der Waals surface area contributed by atoms with Gasteiger partial charge in [-0.1, -0.05) is 0 Å². The number of aromatic nitrogens is 4. The van der Waals surface area contributed by atoms with Gasteiger partial charge in [0.25, 0.3) is 0 Å². The molecule has 0 spiro atoms. The zero-order valence-electron chi connectivity index (χ0n) is 16.7. The van der Waals surface area contributed by atoms with Crippen molar-refractivity contribution in [1.29, 1.82) is 0 Å². The molecule has 1 aliphatic heterocycles. The number of phenols is 1. The van der Waals surface area contributed by atoms with E-state index in [4.69, 9.17) is 0 Å². The summed E-state index contributed by atoms with van der Waals surface area (Å²) in [5.41, 5.74) is 0.632. The molecule has 162 valence electrons. The minimum Gasteiger partial charge on any atom is -0.507 e. The molecule has 0 bridgehead atoms. The molecule has 3 heterocycles. The average molecular weight is 431 g/mol. The number of aryl methyl sites for hydroxylation is 1. The number of alkyl halides is 3. The van der Waals surface area contributed by atoms with Crippen molar-refractivity contribution in [2.75, 3.05) is 6.54 Å². The Morgan fingerprint density at radius 3 is 2.71 bits per heavy atom. The number of phenolic OH excluding ortho intramolecular Hbond substituents is 1. The van der Waals surface area contributed by atoms with Crippen molar-refractivity contribution in [1.82, 2.24) is 24.6 Å². The Kier molecular flexibility index (Phi) is 4.42. The zero-order valence-corrected chi connectivity index (χ0v) is 16.7. The van der Waals surface area contributed by atoms with Crippen molar-refractivity contribution in [2.45, 2.75) is 44.9 Å². The van der Waals surface area contributed by atoms with Crippen LogP contribution in [0.25, 0.3) is 22.4 Å². The van der Waals surface area contributed by atoms with Gasteiger partial charge in [-0.25, -0.2) is 9.97 Å². The number of halogens is 3. The van der Waals surface area contributed by atoms with Gasteiger partial charge in [-0.2, -0.15) is 18.3 Å². The quantitative estimate of drug-likeness (QED) is 0.683. The fraction of sp³-hybridized carbons (Fsp3) is 0.429. The van der Waals surface area contributed by atoms with Crippen LogP contribution in [0.1, 0.15) is 30.4 Å². The predicted molar refractivity (Wildman–Crippen MR) is 105 cm³/mol. The first-order valence-electron chi connectivity index (χ1n) is 10.1. The first kappa shape index (κ1) is 19.8. The SMILES string of the molecule is Cc1cc(C(F)(F)F)cc(O)c1-c1cnc2cn(C[C@H]3CC(=O)N(C4CC4)C3)nc2n1. The summed E-state index contributed by atoms with van der Waals surface area (Å²) in [6.45, 7) is 2.77. The van der Waals surface area contributed by atoms with Crippen LogP contribution >= 0.6 is 0 Å². The second-order valence-electron chi connectivity index (χ2n) is 8.35. The first-order chi connectivity index (χ1) is 14.7. The maximum Gasteiger partial charge on any atom is 0.416 e. The highest BCUT2D eigenvalue weighted by Crippen LogP contribution is 2.38. The van der Waals surface area contributed by atoms with Gasteiger partial charge in [0, 0.05) is 37.0 Å². The number of nitrogens with zero attached hydrogens (tertiary/aromatic N) is 5. The van der Waals surface area contributed by atoms with E-state index in [1.54, 1.807) is 10.9 Å². The van der Waals surface area contributed by atoms with Crippen LogP contribution < -0.4 is 0 Å². The van der Waals surface area contributed by atoms with Crippen molar-refractivity contribution in [3.63, 3.8) is 0 Å². The number of hydrogen-bond acceptors (Lipinski definition) is 5. The van der Waals surface area contributed by atoms with E-state index in [0.717, 1.165) is 25.5 Å². The Labute approximate surface area is 175 Å². The third-order valence-corrected chi connectivity index (χ3v) is 5.85. The van der Waals surface area contributed by atoms with Gasteiger partial charge in [0.05, 0.1) is 23.7 Å². The van der Waals surface area contributed by atoms with Gasteiger partial charge in [-0.05, 0) is 37.5 Å². The molecule has 1 amide bonds. The zero-order chi connectivity index (χ0) is 21.9. The lowest BCUT2D eigenvalue weighted by atomic mass is 10.0. The van der Waals surface area contributed by atoms with E-state index in [2.05, 4.69) is 15.1 Å². The molecule has 2 fully saturated rings. The van der Waals surface area contributed by atoms with Crippen molar-refractivity contribution >= 4 is 17.1 Å². The minimum atomic E-state index is -4.55. The third-order valence-electron chi connectivity index (χ3n) is 5.85. The summed E-state index contributed by atoms with van der Waals surface area (Å²) in [6, 6.07) is 2.07. The standard InChI is InChI=1S/C21H20F3N5O2/c1-11-4-13(21(22,23)24)6-17(30)19(11)15-7-25-16-10-28(27-20(16)26-15)8-12-5-18(31)29(9-12)14-2-3-14/h4,6-7,10,12,14,30H,2-3,5,8-9H2,1H3/t12-/m1/s1. The van der Waals surface area contributed by atoms with Crippen LogP contribution in [0.3, 0.4) is 0 Å². The van der Waals surface area contributed by atoms with Gasteiger partial charge < -0.3 is 10.0 Å². The molecule has 7 nitrogen and oxygen atoms in total. The number of carbonyl (C=O) groups excluding carboxylic acids is 1. The van der Waals surface area contributed by atoms with Crippen LogP contribution in [0.5, 0.6) is 5.75 Å². The van der Waals surface area contributed by atoms with E-state index in [-0.39, 0.29) is 28.6 Å². The monoisotopic (exact) mass is 431 g/mol. The van der Waals surface area contributed by atoms with Crippen LogP contribution in [0.15, 0.2) is 24.5 Å². The molecule has 1 saturated carbocycles. The lowest BCUT2D eigenvalue weighted by Gasteiger charge is -2.15. The smallest absolute Gasteiger partial charge is 0.416 e. The minimum absolute atomic E-state index is 0.170. The predicted octanol–water partition coefficient (Wildman–Crippen LogP) is 3.54. The fourth-order valence-corrected chi connectivity index (χ4v) is 4.26. The molecule has 1 atom stereocenters. The summed E-state index contributed by atoms with van der Waals surface area (Å²) >= 11 is 0. The number of rotatable bonds is 4. The summed E-state index contributed by atoms with van der Waals surface area (Å²) in [5.74, 6) is -0.149. The molecule has 2 aromatic heterocycles. The number of amides is 1. The second-order valence-corrected chi connectivity index (χ2v) is 8.35. The van der Waals surface area contributed by atoms with Gasteiger partial charge in [0.1, 0.15) is 11.3 Å². The van der Waals surface area contributed by atoms with Gasteiger partial charge in [-0.3, -0.25) is 9.48 Å². The highest BCUT2D eigenvalue weighted by atomic mass is 19.4. The maximum absolute atomic E-state index is 13.0. The van der Waals surface area contributed by atoms with E-state index >= 15 is 0 Å². The molecule has 10 heteroatoms. The van der Waals surface area contributed by atoms with Crippen LogP contribution in [-0.4, -0.2) is 48.2 Å². The number of carbonyl (C=O) groups is 1. The Hall–Kier alpha value is -3.17. The Morgan fingerprint density at radius 1 is 1.26 bits per heavy atom. The van der Waals surface area contributed by atoms with E-state index in [0.29, 0.717) is 36.2 Å². The number of hydrogen-bond donors (Lipinski definition) is 1. The highest BCUT2D eigenvalue weighted by Gasteiger charge is 2.39. The second kappa shape index (κ2) is 6.93. The van der Waals surface area contributed by atoms with Crippen LogP contribution in [0.4, 0.5) is 13.2 Å². The van der Waals surface area contributed by atoms with Crippen molar-refractivity contribution < 1.29 is 23.1 Å². The van der Waals surface area contributed by atoms with E-state index in [1.165, 1.54) is 13.1 Å². The first-order valence-corrected chi connectivity index (χ1v) is 10.1. The Morgan fingerprint density at radius 2 is 2.03 bits per heavy atom. The van der Waals surface area contributed by atoms with Gasteiger partial charge >= 0.3 is 6.18 Å². The molecule has 3 aromatic rings. The highest BCUT2D eigenvalue weighted by molar-refractivity contribution is 5.79. The Balaban J connectivity index is 1.41. The van der Waals surface area contributed by atoms with E-state index in [9.17, 15) is 23.1 Å². The summed E-state index contributed by atoms with van der Waals surface area (Å²) in [7, 11) is 0. The summed E-state index contributed by atoms with van der Waals surface area (Å²) in [6.07, 6.45) is 1.27. The molecule has 0 radical (unpaired) electrons. The molecule has 1 aromatic carbocycles. The molecule has 1 aliphatic carbocycles. The largest absolute Gasteiger partial charge is 0.507 e. The van der Waals surface area contributed by atoms with Crippen LogP contribution in [0.2, 0.25) is 0 Å². The molecular weight excluding hydrogens is 411 g/mol. The molecule has 0 unspecified atom stereocenters. The van der Waals surface area contributed by atoms with Crippen molar-refractivity contribution in [3.8, 4) is 17.0 Å². The molecule has 31 heavy (non-hydrogen) atoms. The van der Waals surface area contributed by atoms with Gasteiger partial charge in [0.15, 0.2) is 5.65 Å². The molecule has 5 rings (SSSR count). The third kappa shape index (κ3) is 3.70. The molecular formula is C21H20F3N5O2. The van der Waals surface area contributed by atoms with Gasteiger partial charge in [-0.15, -0.1) is 0 Å². The van der Waals surface area contributed by atoms with E-state index in [1.807, 2.05) is 4.90 Å². The maximum atomic E-state index is 13.0. The van der Waals surface area contributed by atoms with Crippen LogP contribution in [0, 0.1) is 12.8 Å². The topological polar surface area (TPSA) is 84.1 Å². The van der Waals surface area contributed by atoms with Gasteiger partial charge in [0.2, 0.25) is 5.91 Å². The van der Waals surface area contributed by atoms with Crippen molar-refractivity contribution in [2.24, 2.45) is 5.92 Å². The lowest BCUT2D eigenvalue weighted by Crippen LogP contribution is -2.27.